The van der Waals surface area contributed by atoms with Gasteiger partial charge < -0.3 is 10.0 Å². The van der Waals surface area contributed by atoms with E-state index in [1.54, 1.807) is 6.92 Å². The molecule has 92 valence electrons. The fraction of sp³-hybridized carbons (Fsp3) is 0.455. The lowest BCUT2D eigenvalue weighted by molar-refractivity contribution is -0.147. The Morgan fingerprint density at radius 2 is 2.06 bits per heavy atom. The molecule has 6 heteroatoms. The minimum atomic E-state index is -1.27. The zero-order chi connectivity index (χ0) is 13.1. The maximum atomic E-state index is 12.1. The number of likely N-dealkylation sites (N-methyl/N-ethyl adjacent to an activating group) is 1. The number of carboxylic acid groups (broad SMARTS) is 1. The van der Waals surface area contributed by atoms with Crippen molar-refractivity contribution in [2.24, 2.45) is 0 Å². The third kappa shape index (κ3) is 2.58. The summed E-state index contributed by atoms with van der Waals surface area (Å²) in [6, 6.07) is 0. The molecule has 1 aromatic heterocycles. The number of amides is 1. The molecule has 6 nitrogen and oxygen atoms in total. The average molecular weight is 237 g/mol. The highest BCUT2D eigenvalue weighted by Crippen LogP contribution is 2.16. The lowest BCUT2D eigenvalue weighted by atomic mass is 10.0. The summed E-state index contributed by atoms with van der Waals surface area (Å²) >= 11 is 0. The molecule has 0 aromatic carbocycles. The lowest BCUT2D eigenvalue weighted by Crippen LogP contribution is -2.53. The van der Waals surface area contributed by atoms with Crippen molar-refractivity contribution in [3.8, 4) is 0 Å². The molecular weight excluding hydrogens is 222 g/mol. The van der Waals surface area contributed by atoms with E-state index in [1.807, 2.05) is 0 Å². The van der Waals surface area contributed by atoms with E-state index in [0.29, 0.717) is 0 Å². The smallest absolute Gasteiger partial charge is 0.329 e. The van der Waals surface area contributed by atoms with Crippen LogP contribution < -0.4 is 0 Å². The van der Waals surface area contributed by atoms with Crippen molar-refractivity contribution in [2.75, 3.05) is 6.54 Å². The SMILES string of the molecule is CCN(C(=O)c1cnccn1)C(C)(C)C(=O)O. The molecule has 0 aliphatic rings. The van der Waals surface area contributed by atoms with Crippen LogP contribution in [-0.2, 0) is 4.79 Å². The number of nitrogens with zero attached hydrogens (tertiary/aromatic N) is 3. The van der Waals surface area contributed by atoms with Gasteiger partial charge in [0.2, 0.25) is 0 Å². The maximum Gasteiger partial charge on any atom is 0.329 e. The van der Waals surface area contributed by atoms with Gasteiger partial charge in [-0.25, -0.2) is 9.78 Å². The van der Waals surface area contributed by atoms with Gasteiger partial charge in [-0.3, -0.25) is 9.78 Å². The largest absolute Gasteiger partial charge is 0.480 e. The number of aliphatic carboxylic acids is 1. The number of carboxylic acids is 1. The van der Waals surface area contributed by atoms with E-state index in [0.717, 1.165) is 0 Å². The summed E-state index contributed by atoms with van der Waals surface area (Å²) in [6.45, 7) is 4.97. The lowest BCUT2D eigenvalue weighted by Gasteiger charge is -2.33. The molecular formula is C11H15N3O3. The van der Waals surface area contributed by atoms with Gasteiger partial charge in [-0.05, 0) is 20.8 Å². The molecule has 0 fully saturated rings. The molecule has 1 N–H and O–H groups in total. The van der Waals surface area contributed by atoms with Gasteiger partial charge in [-0.2, -0.15) is 0 Å². The van der Waals surface area contributed by atoms with E-state index in [2.05, 4.69) is 9.97 Å². The Morgan fingerprint density at radius 3 is 2.47 bits per heavy atom. The Labute approximate surface area is 99.3 Å². The summed E-state index contributed by atoms with van der Waals surface area (Å²) in [5.41, 5.74) is -1.13. The molecule has 0 radical (unpaired) electrons. The van der Waals surface area contributed by atoms with Crippen molar-refractivity contribution in [3.05, 3.63) is 24.3 Å². The van der Waals surface area contributed by atoms with Crippen LogP contribution >= 0.6 is 0 Å². The minimum Gasteiger partial charge on any atom is -0.480 e. The first-order valence-electron chi connectivity index (χ1n) is 5.22. The first-order valence-corrected chi connectivity index (χ1v) is 5.22. The zero-order valence-electron chi connectivity index (χ0n) is 10.0. The second-order valence-corrected chi connectivity index (χ2v) is 4.00. The fourth-order valence-electron chi connectivity index (χ4n) is 1.46. The molecule has 1 aromatic rings. The van der Waals surface area contributed by atoms with Crippen molar-refractivity contribution >= 4 is 11.9 Å². The maximum absolute atomic E-state index is 12.1. The molecule has 17 heavy (non-hydrogen) atoms. The topological polar surface area (TPSA) is 83.4 Å². The highest BCUT2D eigenvalue weighted by atomic mass is 16.4. The second-order valence-electron chi connectivity index (χ2n) is 4.00. The average Bonchev–Trinajstić information content (AvgIpc) is 2.30. The van der Waals surface area contributed by atoms with Crippen molar-refractivity contribution in [1.29, 1.82) is 0 Å². The van der Waals surface area contributed by atoms with E-state index >= 15 is 0 Å². The van der Waals surface area contributed by atoms with Crippen LogP contribution in [0.2, 0.25) is 0 Å². The number of carbonyl (C=O) groups excluding carboxylic acids is 1. The Balaban J connectivity index is 3.05. The van der Waals surface area contributed by atoms with Gasteiger partial charge in [-0.15, -0.1) is 0 Å². The number of hydrogen-bond acceptors (Lipinski definition) is 4. The fourth-order valence-corrected chi connectivity index (χ4v) is 1.46. The minimum absolute atomic E-state index is 0.142. The Morgan fingerprint density at radius 1 is 1.41 bits per heavy atom. The summed E-state index contributed by atoms with van der Waals surface area (Å²) in [6.07, 6.45) is 4.17. The molecule has 1 rings (SSSR count). The molecule has 0 unspecified atom stereocenters. The van der Waals surface area contributed by atoms with Crippen LogP contribution in [0.4, 0.5) is 0 Å². The third-order valence-electron chi connectivity index (χ3n) is 2.54. The number of aromatic nitrogens is 2. The zero-order valence-corrected chi connectivity index (χ0v) is 10.0. The van der Waals surface area contributed by atoms with Crippen LogP contribution in [0.1, 0.15) is 31.3 Å². The van der Waals surface area contributed by atoms with Gasteiger partial charge in [0, 0.05) is 18.9 Å². The molecule has 0 saturated heterocycles. The van der Waals surface area contributed by atoms with Crippen molar-refractivity contribution in [2.45, 2.75) is 26.3 Å². The summed E-state index contributed by atoms with van der Waals surface area (Å²) in [7, 11) is 0. The molecule has 1 heterocycles. The molecule has 1 amide bonds. The van der Waals surface area contributed by atoms with Gasteiger partial charge in [-0.1, -0.05) is 0 Å². The van der Waals surface area contributed by atoms with Gasteiger partial charge in [0.05, 0.1) is 6.20 Å². The predicted octanol–water partition coefficient (Wildman–Crippen LogP) is 0.802. The number of rotatable bonds is 4. The van der Waals surface area contributed by atoms with E-state index in [-0.39, 0.29) is 12.2 Å². The highest BCUT2D eigenvalue weighted by Gasteiger charge is 2.37. The van der Waals surface area contributed by atoms with Crippen LogP contribution in [0.5, 0.6) is 0 Å². The summed E-state index contributed by atoms with van der Waals surface area (Å²) < 4.78 is 0. The number of hydrogen-bond donors (Lipinski definition) is 1. The van der Waals surface area contributed by atoms with Crippen LogP contribution in [0.15, 0.2) is 18.6 Å². The van der Waals surface area contributed by atoms with Crippen LogP contribution in [0.3, 0.4) is 0 Å². The Kier molecular flexibility index (Phi) is 3.77. The second kappa shape index (κ2) is 4.90. The van der Waals surface area contributed by atoms with Crippen molar-refractivity contribution < 1.29 is 14.7 Å². The van der Waals surface area contributed by atoms with Gasteiger partial charge in [0.1, 0.15) is 11.2 Å². The summed E-state index contributed by atoms with van der Waals surface area (Å²) in [5.74, 6) is -1.50. The summed E-state index contributed by atoms with van der Waals surface area (Å²) in [5, 5.41) is 9.11. The standard InChI is InChI=1S/C11H15N3O3/c1-4-14(11(2,3)10(16)17)9(15)8-7-12-5-6-13-8/h5-7H,4H2,1-3H3,(H,16,17). The van der Waals surface area contributed by atoms with E-state index in [9.17, 15) is 9.59 Å². The molecule has 0 bridgehead atoms. The van der Waals surface area contributed by atoms with Crippen molar-refractivity contribution in [3.63, 3.8) is 0 Å². The Bertz CT molecular complexity index is 417. The third-order valence-corrected chi connectivity index (χ3v) is 2.54. The Hall–Kier alpha value is -1.98. The molecule has 0 saturated carbocycles. The van der Waals surface area contributed by atoms with Crippen LogP contribution in [0.25, 0.3) is 0 Å². The predicted molar refractivity (Wildman–Crippen MR) is 60.5 cm³/mol. The molecule has 0 aliphatic heterocycles. The normalized spacial score (nSPS) is 11.0. The van der Waals surface area contributed by atoms with Crippen LogP contribution in [-0.4, -0.2) is 43.9 Å². The quantitative estimate of drug-likeness (QED) is 0.837. The van der Waals surface area contributed by atoms with Crippen molar-refractivity contribution in [1.82, 2.24) is 14.9 Å². The van der Waals surface area contributed by atoms with E-state index in [4.69, 9.17) is 5.11 Å². The molecule has 0 atom stereocenters. The summed E-state index contributed by atoms with van der Waals surface area (Å²) in [4.78, 5) is 32.1. The van der Waals surface area contributed by atoms with Crippen LogP contribution in [0, 0.1) is 0 Å². The molecule has 0 spiro atoms. The van der Waals surface area contributed by atoms with Gasteiger partial charge in [0.15, 0.2) is 0 Å². The van der Waals surface area contributed by atoms with Gasteiger partial charge >= 0.3 is 5.97 Å². The monoisotopic (exact) mass is 237 g/mol. The number of carbonyl (C=O) groups is 2. The first kappa shape index (κ1) is 13.1. The first-order chi connectivity index (χ1) is 7.91. The van der Waals surface area contributed by atoms with E-state index < -0.39 is 17.4 Å². The van der Waals surface area contributed by atoms with E-state index in [1.165, 1.54) is 37.3 Å². The molecule has 0 aliphatic carbocycles. The van der Waals surface area contributed by atoms with Gasteiger partial charge in [0.25, 0.3) is 5.91 Å². The highest BCUT2D eigenvalue weighted by molar-refractivity contribution is 5.95.